The Hall–Kier alpha value is -1.52. The first-order valence-electron chi connectivity index (χ1n) is 20.3. The number of aliphatic hydroxyl groups is 1. The maximum atomic E-state index is 13.4. The number of carbonyl (C=O) groups excluding carboxylic acids is 1. The fourth-order valence-electron chi connectivity index (χ4n) is 14.5. The maximum Gasteiger partial charge on any atom is 0.223 e. The average molecular weight is 724 g/mol. The summed E-state index contributed by atoms with van der Waals surface area (Å²) in [7, 11) is -3.50. The summed E-state index contributed by atoms with van der Waals surface area (Å²) in [5.74, 6) is 2.26. The molecule has 8 fully saturated rings. The van der Waals surface area contributed by atoms with Crippen molar-refractivity contribution >= 4 is 15.7 Å². The summed E-state index contributed by atoms with van der Waals surface area (Å²) in [6.45, 7) is 13.7. The number of nitrogens with zero attached hydrogens (tertiary/aromatic N) is 1. The highest BCUT2D eigenvalue weighted by Gasteiger charge is 2.84. The molecule has 1 amide bonds. The van der Waals surface area contributed by atoms with E-state index in [1.807, 2.05) is 11.0 Å². The van der Waals surface area contributed by atoms with Crippen LogP contribution in [0.2, 0.25) is 0 Å². The van der Waals surface area contributed by atoms with E-state index in [9.17, 15) is 18.3 Å². The minimum atomic E-state index is -3.50. The van der Waals surface area contributed by atoms with Crippen molar-refractivity contribution in [1.82, 2.24) is 4.90 Å². The molecule has 8 nitrogen and oxygen atoms in total. The predicted octanol–water partition coefficient (Wildman–Crippen LogP) is 6.64. The Labute approximate surface area is 305 Å². The van der Waals surface area contributed by atoms with Gasteiger partial charge in [0.2, 0.25) is 5.91 Å². The summed E-state index contributed by atoms with van der Waals surface area (Å²) >= 11 is 0. The zero-order chi connectivity index (χ0) is 35.8. The SMILES string of the molecule is C[C@@H]1C[C@H](CS(=O)(=O)c2ccccc2)O[C@H]2[C@H]1[C@@]1(C)CC[C@@]34CC35CCC(O[C@H]3CN(C(=O)CC6CC6)CCO3)C(C)(C)[C@@H]5CC[C@H]4[C@]1(C)[C@H]2O. The lowest BCUT2D eigenvalue weighted by atomic mass is 9.41. The van der Waals surface area contributed by atoms with E-state index >= 15 is 0 Å². The van der Waals surface area contributed by atoms with Gasteiger partial charge in [-0.05, 0) is 128 Å². The van der Waals surface area contributed by atoms with Gasteiger partial charge in [-0.1, -0.05) is 52.8 Å². The molecule has 51 heavy (non-hydrogen) atoms. The van der Waals surface area contributed by atoms with Crippen LogP contribution in [0.5, 0.6) is 0 Å². The van der Waals surface area contributed by atoms with Gasteiger partial charge in [0.15, 0.2) is 16.1 Å². The van der Waals surface area contributed by atoms with Crippen molar-refractivity contribution in [2.24, 2.45) is 56.7 Å². The van der Waals surface area contributed by atoms with Crippen molar-refractivity contribution in [2.45, 2.75) is 141 Å². The van der Waals surface area contributed by atoms with E-state index in [1.165, 1.54) is 25.7 Å². The van der Waals surface area contributed by atoms with Crippen molar-refractivity contribution in [2.75, 3.05) is 25.4 Å². The molecule has 1 N–H and O–H groups in total. The van der Waals surface area contributed by atoms with Gasteiger partial charge >= 0.3 is 0 Å². The van der Waals surface area contributed by atoms with Crippen LogP contribution in [-0.2, 0) is 28.8 Å². The van der Waals surface area contributed by atoms with Crippen LogP contribution in [0.25, 0.3) is 0 Å². The van der Waals surface area contributed by atoms with Crippen LogP contribution in [-0.4, -0.2) is 80.5 Å². The number of benzene rings is 1. The fourth-order valence-corrected chi connectivity index (χ4v) is 16.0. The molecule has 0 radical (unpaired) electrons. The molecule has 8 aliphatic rings. The summed E-state index contributed by atoms with van der Waals surface area (Å²) in [5, 5.41) is 12.6. The molecule has 13 atom stereocenters. The number of aliphatic hydroxyl groups excluding tert-OH is 1. The van der Waals surface area contributed by atoms with Gasteiger partial charge < -0.3 is 24.2 Å². The Kier molecular flexibility index (Phi) is 8.10. The molecular weight excluding hydrogens is 663 g/mol. The summed E-state index contributed by atoms with van der Waals surface area (Å²) in [4.78, 5) is 15.2. The zero-order valence-corrected chi connectivity index (χ0v) is 32.3. The lowest BCUT2D eigenvalue weighted by Crippen LogP contribution is -2.60. The molecular formula is C42H61NO7S. The van der Waals surface area contributed by atoms with Crippen LogP contribution in [0.1, 0.15) is 105 Å². The van der Waals surface area contributed by atoms with E-state index in [0.717, 1.165) is 32.1 Å². The Morgan fingerprint density at radius 2 is 1.71 bits per heavy atom. The minimum absolute atomic E-state index is 0.0184. The van der Waals surface area contributed by atoms with Crippen molar-refractivity contribution in [3.8, 4) is 0 Å². The molecule has 2 spiro atoms. The smallest absolute Gasteiger partial charge is 0.223 e. The van der Waals surface area contributed by atoms with Gasteiger partial charge in [-0.25, -0.2) is 8.42 Å². The maximum absolute atomic E-state index is 13.4. The second-order valence-electron chi connectivity index (χ2n) is 19.6. The van der Waals surface area contributed by atoms with E-state index < -0.39 is 22.0 Å². The number of carbonyl (C=O) groups is 1. The molecule has 1 aromatic carbocycles. The van der Waals surface area contributed by atoms with Crippen LogP contribution in [0.15, 0.2) is 35.2 Å². The van der Waals surface area contributed by atoms with E-state index in [4.69, 9.17) is 14.2 Å². The molecule has 2 heterocycles. The molecule has 0 aromatic heterocycles. The highest BCUT2D eigenvalue weighted by molar-refractivity contribution is 7.91. The monoisotopic (exact) mass is 723 g/mol. The number of rotatable bonds is 7. The lowest BCUT2D eigenvalue weighted by Gasteiger charge is -2.64. The van der Waals surface area contributed by atoms with E-state index in [1.54, 1.807) is 24.3 Å². The van der Waals surface area contributed by atoms with Crippen molar-refractivity contribution in [3.63, 3.8) is 0 Å². The third kappa shape index (κ3) is 5.02. The summed E-state index contributed by atoms with van der Waals surface area (Å²) in [6, 6.07) is 8.72. The van der Waals surface area contributed by atoms with Gasteiger partial charge in [-0.15, -0.1) is 0 Å². The normalized spacial score (nSPS) is 48.4. The number of sulfone groups is 1. The minimum Gasteiger partial charge on any atom is -0.390 e. The first-order valence-corrected chi connectivity index (χ1v) is 22.0. The first kappa shape index (κ1) is 35.2. The third-order valence-corrected chi connectivity index (χ3v) is 19.0. The van der Waals surface area contributed by atoms with Gasteiger partial charge in [0.1, 0.15) is 0 Å². The Morgan fingerprint density at radius 1 is 0.980 bits per heavy atom. The quantitative estimate of drug-likeness (QED) is 0.337. The standard InChI is InChI=1S/C42H61NO7S/c1-26-21-28(24-51(46,47)29-9-7-6-8-10-29)49-36-35(26)39(4)17-18-42-25-41(42)16-15-32(38(2,3)30(41)13-14-31(42)40(39,5)37(36)45)50-34-23-43(19-20-48-34)33(44)22-27-11-12-27/h6-10,26-28,30-32,34-37,45H,11-25H2,1-5H3/t26-,28-,30+,31+,32?,34+,35+,36+,37+,39-,40-,41?,42+/m1/s1. The molecule has 9 rings (SSSR count). The second-order valence-corrected chi connectivity index (χ2v) is 21.7. The largest absolute Gasteiger partial charge is 0.390 e. The predicted molar refractivity (Wildman–Crippen MR) is 193 cm³/mol. The number of fused-ring (bicyclic) bond motifs is 4. The molecule has 2 aliphatic heterocycles. The molecule has 2 unspecified atom stereocenters. The highest BCUT2D eigenvalue weighted by Crippen LogP contribution is 2.89. The van der Waals surface area contributed by atoms with Crippen LogP contribution in [0.4, 0.5) is 0 Å². The van der Waals surface area contributed by atoms with Crippen LogP contribution >= 0.6 is 0 Å². The lowest BCUT2D eigenvalue weighted by molar-refractivity contribution is -0.248. The molecule has 0 bridgehead atoms. The van der Waals surface area contributed by atoms with Gasteiger partial charge in [-0.3, -0.25) is 4.79 Å². The second kappa shape index (κ2) is 11.7. The van der Waals surface area contributed by atoms with Crippen LogP contribution in [0.3, 0.4) is 0 Å². The Bertz CT molecular complexity index is 1650. The van der Waals surface area contributed by atoms with Crippen LogP contribution < -0.4 is 0 Å². The molecule has 2 saturated heterocycles. The average Bonchev–Trinajstić information content (AvgIpc) is 4.02. The fraction of sp³-hybridized carbons (Fsp3) is 0.833. The molecule has 6 aliphatic carbocycles. The van der Waals surface area contributed by atoms with Crippen LogP contribution in [0, 0.1) is 56.7 Å². The van der Waals surface area contributed by atoms with Crippen molar-refractivity contribution in [1.29, 1.82) is 0 Å². The van der Waals surface area contributed by atoms with E-state index in [0.29, 0.717) is 55.2 Å². The molecule has 6 saturated carbocycles. The van der Waals surface area contributed by atoms with Gasteiger partial charge in [0, 0.05) is 18.4 Å². The molecule has 1 aromatic rings. The summed E-state index contributed by atoms with van der Waals surface area (Å²) in [6.07, 6.45) is 10.1. The Morgan fingerprint density at radius 3 is 2.45 bits per heavy atom. The zero-order valence-electron chi connectivity index (χ0n) is 31.5. The van der Waals surface area contributed by atoms with Gasteiger partial charge in [-0.2, -0.15) is 0 Å². The first-order chi connectivity index (χ1) is 24.2. The number of morpholine rings is 1. The molecule has 282 valence electrons. The number of hydrogen-bond acceptors (Lipinski definition) is 7. The van der Waals surface area contributed by atoms with Gasteiger partial charge in [0.25, 0.3) is 0 Å². The van der Waals surface area contributed by atoms with Crippen molar-refractivity contribution in [3.05, 3.63) is 30.3 Å². The number of amides is 1. The summed E-state index contributed by atoms with van der Waals surface area (Å²) < 4.78 is 46.6. The third-order valence-electron chi connectivity index (χ3n) is 17.2. The highest BCUT2D eigenvalue weighted by atomic mass is 32.2. The number of ether oxygens (including phenoxy) is 3. The van der Waals surface area contributed by atoms with E-state index in [-0.39, 0.29) is 69.1 Å². The number of hydrogen-bond donors (Lipinski definition) is 1. The van der Waals surface area contributed by atoms with Gasteiger partial charge in [0.05, 0.1) is 48.2 Å². The molecule has 9 heteroatoms. The topological polar surface area (TPSA) is 102 Å². The van der Waals surface area contributed by atoms with Crippen molar-refractivity contribution < 1.29 is 32.5 Å². The van der Waals surface area contributed by atoms with E-state index in [2.05, 4.69) is 34.6 Å². The summed E-state index contributed by atoms with van der Waals surface area (Å²) in [5.41, 5.74) is 0.127. The Balaban J connectivity index is 0.923.